The molecule has 1 N–H and O–H groups in total. The summed E-state index contributed by atoms with van der Waals surface area (Å²) in [5, 5.41) is 2.96. The third-order valence-corrected chi connectivity index (χ3v) is 6.04. The first-order chi connectivity index (χ1) is 13.4. The highest BCUT2D eigenvalue weighted by Gasteiger charge is 2.21. The normalized spacial score (nSPS) is 11.2. The van der Waals surface area contributed by atoms with E-state index in [1.165, 1.54) is 6.07 Å². The molecule has 0 atom stereocenters. The molecule has 0 aliphatic carbocycles. The molecule has 0 radical (unpaired) electrons. The number of aryl methyl sites for hydroxylation is 1. The number of benzene rings is 2. The molecule has 3 aromatic rings. The fourth-order valence-corrected chi connectivity index (χ4v) is 4.49. The second kappa shape index (κ2) is 8.62. The summed E-state index contributed by atoms with van der Waals surface area (Å²) in [6.45, 7) is 6.40. The summed E-state index contributed by atoms with van der Waals surface area (Å²) in [5.74, 6) is 0.758. The molecule has 28 heavy (non-hydrogen) atoms. The van der Waals surface area contributed by atoms with E-state index in [-0.39, 0.29) is 10.6 Å². The second-order valence-electron chi connectivity index (χ2n) is 5.91. The van der Waals surface area contributed by atoms with Gasteiger partial charge >= 0.3 is 0 Å². The van der Waals surface area contributed by atoms with Gasteiger partial charge in [-0.2, -0.15) is 0 Å². The van der Waals surface area contributed by atoms with Gasteiger partial charge in [-0.05, 0) is 45.0 Å². The minimum absolute atomic E-state index is 0.0412. The topological polar surface area (TPSA) is 77.5 Å². The average molecular weight is 419 g/mol. The van der Waals surface area contributed by atoms with Gasteiger partial charge in [-0.1, -0.05) is 12.1 Å². The first kappa shape index (κ1) is 20.2. The van der Waals surface area contributed by atoms with Gasteiger partial charge in [-0.15, -0.1) is 11.3 Å². The molecule has 0 unspecified atom stereocenters. The van der Waals surface area contributed by atoms with Crippen molar-refractivity contribution in [1.29, 1.82) is 0 Å². The SMILES string of the molecule is CCOc1ccc(OCC)c(S(=O)(=O)Nc2ccc(-c3csc(C)n3)cc2)c1. The van der Waals surface area contributed by atoms with E-state index in [4.69, 9.17) is 9.47 Å². The van der Waals surface area contributed by atoms with Crippen LogP contribution in [-0.2, 0) is 10.0 Å². The number of aromatic nitrogens is 1. The van der Waals surface area contributed by atoms with Gasteiger partial charge in [-0.3, -0.25) is 4.72 Å². The van der Waals surface area contributed by atoms with E-state index >= 15 is 0 Å². The van der Waals surface area contributed by atoms with Gasteiger partial charge in [0.05, 0.1) is 23.9 Å². The molecule has 0 fully saturated rings. The Kier molecular flexibility index (Phi) is 6.21. The first-order valence-electron chi connectivity index (χ1n) is 8.88. The lowest BCUT2D eigenvalue weighted by Gasteiger charge is -2.14. The largest absolute Gasteiger partial charge is 0.494 e. The van der Waals surface area contributed by atoms with Crippen molar-refractivity contribution >= 4 is 27.0 Å². The Morgan fingerprint density at radius 3 is 2.36 bits per heavy atom. The predicted octanol–water partition coefficient (Wildman–Crippen LogP) is 4.72. The van der Waals surface area contributed by atoms with Crippen molar-refractivity contribution in [3.8, 4) is 22.8 Å². The number of anilines is 1. The Bertz CT molecular complexity index is 1040. The molecule has 3 rings (SSSR count). The second-order valence-corrected chi connectivity index (χ2v) is 8.62. The van der Waals surface area contributed by atoms with Crippen molar-refractivity contribution in [3.05, 3.63) is 52.9 Å². The van der Waals surface area contributed by atoms with Crippen LogP contribution in [0.1, 0.15) is 18.9 Å². The summed E-state index contributed by atoms with van der Waals surface area (Å²) in [6, 6.07) is 11.9. The summed E-state index contributed by atoms with van der Waals surface area (Å²) in [4.78, 5) is 4.48. The molecule has 0 saturated heterocycles. The predicted molar refractivity (Wildman–Crippen MR) is 112 cm³/mol. The Morgan fingerprint density at radius 1 is 1.04 bits per heavy atom. The van der Waals surface area contributed by atoms with Crippen LogP contribution in [0.5, 0.6) is 11.5 Å². The molecule has 0 bridgehead atoms. The number of hydrogen-bond donors (Lipinski definition) is 1. The van der Waals surface area contributed by atoms with Crippen LogP contribution in [0.25, 0.3) is 11.3 Å². The number of nitrogens with one attached hydrogen (secondary N) is 1. The van der Waals surface area contributed by atoms with E-state index in [2.05, 4.69) is 9.71 Å². The fourth-order valence-electron chi connectivity index (χ4n) is 2.64. The summed E-state index contributed by atoms with van der Waals surface area (Å²) in [7, 11) is -3.85. The van der Waals surface area contributed by atoms with Crippen LogP contribution in [-0.4, -0.2) is 26.6 Å². The molecular formula is C20H22N2O4S2. The van der Waals surface area contributed by atoms with Gasteiger partial charge in [0.1, 0.15) is 16.4 Å². The molecule has 8 heteroatoms. The number of ether oxygens (including phenoxy) is 2. The molecule has 0 aliphatic rings. The number of hydrogen-bond acceptors (Lipinski definition) is 6. The van der Waals surface area contributed by atoms with Crippen molar-refractivity contribution in [3.63, 3.8) is 0 Å². The smallest absolute Gasteiger partial charge is 0.265 e. The van der Waals surface area contributed by atoms with Crippen LogP contribution in [0.15, 0.2) is 52.7 Å². The van der Waals surface area contributed by atoms with Crippen molar-refractivity contribution in [2.45, 2.75) is 25.7 Å². The molecule has 0 saturated carbocycles. The van der Waals surface area contributed by atoms with Gasteiger partial charge in [0.15, 0.2) is 0 Å². The third-order valence-electron chi connectivity index (χ3n) is 3.87. The maximum Gasteiger partial charge on any atom is 0.265 e. The van der Waals surface area contributed by atoms with Crippen molar-refractivity contribution in [2.24, 2.45) is 0 Å². The quantitative estimate of drug-likeness (QED) is 0.573. The van der Waals surface area contributed by atoms with Crippen LogP contribution < -0.4 is 14.2 Å². The van der Waals surface area contributed by atoms with Crippen LogP contribution in [0.2, 0.25) is 0 Å². The van der Waals surface area contributed by atoms with E-state index in [9.17, 15) is 8.42 Å². The van der Waals surface area contributed by atoms with Gasteiger partial charge in [0, 0.05) is 22.7 Å². The Morgan fingerprint density at radius 2 is 1.75 bits per heavy atom. The van der Waals surface area contributed by atoms with Crippen molar-refractivity contribution < 1.29 is 17.9 Å². The fraction of sp³-hybridized carbons (Fsp3) is 0.250. The lowest BCUT2D eigenvalue weighted by Crippen LogP contribution is -2.14. The van der Waals surface area contributed by atoms with Gasteiger partial charge in [-0.25, -0.2) is 13.4 Å². The zero-order chi connectivity index (χ0) is 20.1. The summed E-state index contributed by atoms with van der Waals surface area (Å²) < 4.78 is 39.4. The molecule has 0 spiro atoms. The summed E-state index contributed by atoms with van der Waals surface area (Å²) in [5.41, 5.74) is 2.26. The van der Waals surface area contributed by atoms with E-state index in [0.29, 0.717) is 24.7 Å². The van der Waals surface area contributed by atoms with Crippen molar-refractivity contribution in [1.82, 2.24) is 4.98 Å². The Hall–Kier alpha value is -2.58. The Balaban J connectivity index is 1.87. The van der Waals surface area contributed by atoms with Crippen LogP contribution in [0, 0.1) is 6.92 Å². The monoisotopic (exact) mass is 418 g/mol. The lowest BCUT2D eigenvalue weighted by molar-refractivity contribution is 0.322. The summed E-state index contributed by atoms with van der Waals surface area (Å²) in [6.07, 6.45) is 0. The van der Waals surface area contributed by atoms with Crippen LogP contribution in [0.4, 0.5) is 5.69 Å². The minimum atomic E-state index is -3.85. The molecule has 1 heterocycles. The molecule has 0 amide bonds. The number of nitrogens with zero attached hydrogens (tertiary/aromatic N) is 1. The maximum absolute atomic E-state index is 13.0. The molecule has 2 aromatic carbocycles. The zero-order valence-corrected chi connectivity index (χ0v) is 17.6. The van der Waals surface area contributed by atoms with E-state index in [1.54, 1.807) is 42.5 Å². The minimum Gasteiger partial charge on any atom is -0.494 e. The molecule has 6 nitrogen and oxygen atoms in total. The highest BCUT2D eigenvalue weighted by atomic mass is 32.2. The molecule has 1 aromatic heterocycles. The lowest BCUT2D eigenvalue weighted by atomic mass is 10.1. The van der Waals surface area contributed by atoms with Gasteiger partial charge < -0.3 is 9.47 Å². The van der Waals surface area contributed by atoms with Crippen LogP contribution in [0.3, 0.4) is 0 Å². The Labute approximate surface area is 169 Å². The zero-order valence-electron chi connectivity index (χ0n) is 15.9. The van der Waals surface area contributed by atoms with E-state index in [1.807, 2.05) is 31.4 Å². The average Bonchev–Trinajstić information content (AvgIpc) is 3.10. The summed E-state index contributed by atoms with van der Waals surface area (Å²) >= 11 is 1.57. The maximum atomic E-state index is 13.0. The standard InChI is InChI=1S/C20H22N2O4S2/c1-4-25-17-10-11-19(26-5-2)20(12-17)28(23,24)22-16-8-6-15(7-9-16)18-13-27-14(3)21-18/h6-13,22H,4-5H2,1-3H3. The third kappa shape index (κ3) is 4.63. The van der Waals surface area contributed by atoms with Crippen molar-refractivity contribution in [2.75, 3.05) is 17.9 Å². The van der Waals surface area contributed by atoms with E-state index < -0.39 is 10.0 Å². The molecular weight excluding hydrogens is 396 g/mol. The van der Waals surface area contributed by atoms with Crippen LogP contribution >= 0.6 is 11.3 Å². The number of rotatable bonds is 8. The number of sulfonamides is 1. The van der Waals surface area contributed by atoms with E-state index in [0.717, 1.165) is 16.3 Å². The van der Waals surface area contributed by atoms with Gasteiger partial charge in [0.25, 0.3) is 10.0 Å². The van der Waals surface area contributed by atoms with Gasteiger partial charge in [0.2, 0.25) is 0 Å². The molecule has 148 valence electrons. The highest BCUT2D eigenvalue weighted by molar-refractivity contribution is 7.92. The first-order valence-corrected chi connectivity index (χ1v) is 11.2. The highest BCUT2D eigenvalue weighted by Crippen LogP contribution is 2.31. The molecule has 0 aliphatic heterocycles. The number of thiazole rings is 1.